The van der Waals surface area contributed by atoms with E-state index in [1.807, 2.05) is 6.08 Å². The van der Waals surface area contributed by atoms with E-state index in [0.29, 0.717) is 0 Å². The van der Waals surface area contributed by atoms with Crippen molar-refractivity contribution in [1.29, 1.82) is 0 Å². The molecule has 3 rings (SSSR count). The summed E-state index contributed by atoms with van der Waals surface area (Å²) in [6.07, 6.45) is 3.09. The average molecular weight is 488 g/mol. The van der Waals surface area contributed by atoms with E-state index in [0.717, 1.165) is 32.7 Å². The molecule has 0 aliphatic heterocycles. The summed E-state index contributed by atoms with van der Waals surface area (Å²) < 4.78 is 0. The van der Waals surface area contributed by atoms with Crippen LogP contribution in [0.15, 0.2) is 91.5 Å². The van der Waals surface area contributed by atoms with Gasteiger partial charge in [0.05, 0.1) is 0 Å². The summed E-state index contributed by atoms with van der Waals surface area (Å²) in [5.74, 6) is 0. The average Bonchev–Trinajstić information content (AvgIpc) is 2.89. The molecule has 3 heteroatoms. The van der Waals surface area contributed by atoms with Gasteiger partial charge in [-0.3, -0.25) is 4.90 Å². The predicted octanol–water partition coefficient (Wildman–Crippen LogP) is 7.45. The Morgan fingerprint density at radius 2 is 1.08 bits per heavy atom. The Hall–Kier alpha value is -2.72. The maximum atomic E-state index is 3.71. The molecule has 0 spiro atoms. The zero-order chi connectivity index (χ0) is 26.6. The summed E-state index contributed by atoms with van der Waals surface area (Å²) in [5.41, 5.74) is 5.32. The summed E-state index contributed by atoms with van der Waals surface area (Å²) in [7, 11) is 6.30. The highest BCUT2D eigenvalue weighted by molar-refractivity contribution is 5.47. The highest BCUT2D eigenvalue weighted by Gasteiger charge is 1.99. The van der Waals surface area contributed by atoms with E-state index < -0.39 is 0 Å². The lowest BCUT2D eigenvalue weighted by Gasteiger charge is -2.17. The molecule has 3 aromatic carbocycles. The smallest absolute Gasteiger partial charge is 0.0233 e. The molecular formula is C33H49N3. The molecular weight excluding hydrogens is 438 g/mol. The van der Waals surface area contributed by atoms with Crippen LogP contribution >= 0.6 is 0 Å². The largest absolute Gasteiger partial charge is 0.305 e. The topological polar surface area (TPSA) is 9.72 Å². The van der Waals surface area contributed by atoms with Crippen molar-refractivity contribution in [3.8, 4) is 0 Å². The van der Waals surface area contributed by atoms with E-state index >= 15 is 0 Å². The monoisotopic (exact) mass is 487 g/mol. The Morgan fingerprint density at radius 1 is 0.611 bits per heavy atom. The van der Waals surface area contributed by atoms with Crippen LogP contribution in [0.2, 0.25) is 0 Å². The number of hydrogen-bond acceptors (Lipinski definition) is 3. The molecule has 0 unspecified atom stereocenters. The van der Waals surface area contributed by atoms with Crippen molar-refractivity contribution in [2.45, 2.75) is 46.8 Å². The summed E-state index contributed by atoms with van der Waals surface area (Å²) >= 11 is 0. The number of benzene rings is 3. The fourth-order valence-electron chi connectivity index (χ4n) is 3.77. The number of hydrogen-bond donors (Lipinski definition) is 0. The maximum Gasteiger partial charge on any atom is 0.0233 e. The van der Waals surface area contributed by atoms with Crippen molar-refractivity contribution in [3.05, 3.63) is 114 Å². The van der Waals surface area contributed by atoms with Crippen LogP contribution in [0.4, 0.5) is 0 Å². The van der Waals surface area contributed by atoms with Gasteiger partial charge in [-0.05, 0) is 69.5 Å². The molecule has 196 valence electrons. The summed E-state index contributed by atoms with van der Waals surface area (Å²) in [5, 5.41) is 0. The molecule has 0 saturated heterocycles. The van der Waals surface area contributed by atoms with Crippen LogP contribution < -0.4 is 0 Å². The van der Waals surface area contributed by atoms with Crippen molar-refractivity contribution in [2.24, 2.45) is 0 Å². The zero-order valence-electron chi connectivity index (χ0n) is 23.7. The highest BCUT2D eigenvalue weighted by atomic mass is 15.1. The van der Waals surface area contributed by atoms with E-state index in [1.54, 1.807) is 0 Å². The molecule has 0 fully saturated rings. The van der Waals surface area contributed by atoms with E-state index in [1.165, 1.54) is 35.2 Å². The van der Waals surface area contributed by atoms with Crippen molar-refractivity contribution in [3.63, 3.8) is 0 Å². The molecule has 3 nitrogen and oxygen atoms in total. The molecule has 0 N–H and O–H groups in total. The first-order valence-electron chi connectivity index (χ1n) is 13.3. The quantitative estimate of drug-likeness (QED) is 0.278. The Kier molecular flexibility index (Phi) is 16.9. The molecule has 0 radical (unpaired) electrons. The van der Waals surface area contributed by atoms with Gasteiger partial charge in [0.15, 0.2) is 0 Å². The van der Waals surface area contributed by atoms with Crippen LogP contribution in [-0.4, -0.2) is 55.5 Å². The number of rotatable bonds is 11. The maximum absolute atomic E-state index is 3.71. The third-order valence-electron chi connectivity index (χ3n) is 5.76. The lowest BCUT2D eigenvalue weighted by molar-refractivity contribution is 0.296. The van der Waals surface area contributed by atoms with Crippen LogP contribution in [0.25, 0.3) is 6.08 Å². The third kappa shape index (κ3) is 14.6. The van der Waals surface area contributed by atoms with Crippen LogP contribution in [0.3, 0.4) is 0 Å². The minimum Gasteiger partial charge on any atom is -0.305 e. The molecule has 0 heterocycles. The van der Waals surface area contributed by atoms with Crippen molar-refractivity contribution < 1.29 is 0 Å². The Bertz CT molecular complexity index is 901. The first-order valence-corrected chi connectivity index (χ1v) is 13.3. The molecule has 0 aliphatic carbocycles. The van der Waals surface area contributed by atoms with Crippen molar-refractivity contribution >= 4 is 6.08 Å². The molecule has 0 atom stereocenters. The van der Waals surface area contributed by atoms with E-state index in [2.05, 4.69) is 148 Å². The summed E-state index contributed by atoms with van der Waals surface area (Å²) in [4.78, 5) is 6.91. The molecule has 0 aromatic heterocycles. The van der Waals surface area contributed by atoms with Gasteiger partial charge in [0.25, 0.3) is 0 Å². The van der Waals surface area contributed by atoms with Gasteiger partial charge >= 0.3 is 0 Å². The molecule has 3 aromatic rings. The number of nitrogens with zero attached hydrogens (tertiary/aromatic N) is 3. The first kappa shape index (κ1) is 31.3. The Labute approximate surface area is 222 Å². The van der Waals surface area contributed by atoms with Gasteiger partial charge in [-0.25, -0.2) is 0 Å². The fraction of sp³-hybridized carbons (Fsp3) is 0.394. The third-order valence-corrected chi connectivity index (χ3v) is 5.76. The fourth-order valence-corrected chi connectivity index (χ4v) is 3.77. The first-order chi connectivity index (χ1) is 17.4. The van der Waals surface area contributed by atoms with Crippen molar-refractivity contribution in [2.75, 3.05) is 40.8 Å². The molecule has 0 bridgehead atoms. The van der Waals surface area contributed by atoms with E-state index in [-0.39, 0.29) is 0 Å². The van der Waals surface area contributed by atoms with Gasteiger partial charge in [-0.15, -0.1) is 0 Å². The SMILES string of the molecule is C=Cc1ccc(CN(C)C)cc1.CCCN(C)Cc1ccccc1.CCN(CC)Cc1ccccc1. The second-order valence-electron chi connectivity index (χ2n) is 9.35. The van der Waals surface area contributed by atoms with Gasteiger partial charge in [-0.1, -0.05) is 118 Å². The van der Waals surface area contributed by atoms with Gasteiger partial charge in [0, 0.05) is 19.6 Å². The van der Waals surface area contributed by atoms with Gasteiger partial charge < -0.3 is 9.80 Å². The standard InChI is InChI=1S/C11H15N.2C11H17N/c1-4-10-5-7-11(8-6-10)9-12(2)3;1-3-9-12(2)10-11-7-5-4-6-8-11;1-3-12(4-2)10-11-8-6-5-7-9-11/h4-8H,1,9H2,2-3H3;4-8H,3,9-10H2,1-2H3;5-9H,3-4,10H2,1-2H3. The van der Waals surface area contributed by atoms with Gasteiger partial charge in [-0.2, -0.15) is 0 Å². The second kappa shape index (κ2) is 19.5. The second-order valence-corrected chi connectivity index (χ2v) is 9.35. The summed E-state index contributed by atoms with van der Waals surface area (Å²) in [6.45, 7) is 16.9. The van der Waals surface area contributed by atoms with Crippen LogP contribution in [0.1, 0.15) is 49.4 Å². The normalized spacial score (nSPS) is 10.5. The lowest BCUT2D eigenvalue weighted by atomic mass is 10.1. The minimum atomic E-state index is 0.997. The van der Waals surface area contributed by atoms with Crippen molar-refractivity contribution in [1.82, 2.24) is 14.7 Å². The Morgan fingerprint density at radius 3 is 1.50 bits per heavy atom. The van der Waals surface area contributed by atoms with Gasteiger partial charge in [0.2, 0.25) is 0 Å². The Balaban J connectivity index is 0.000000270. The van der Waals surface area contributed by atoms with Gasteiger partial charge in [0.1, 0.15) is 0 Å². The van der Waals surface area contributed by atoms with Crippen LogP contribution in [-0.2, 0) is 19.6 Å². The lowest BCUT2D eigenvalue weighted by Crippen LogP contribution is -2.21. The molecule has 0 amide bonds. The molecule has 0 saturated carbocycles. The predicted molar refractivity (Wildman–Crippen MR) is 160 cm³/mol. The van der Waals surface area contributed by atoms with Crippen LogP contribution in [0.5, 0.6) is 0 Å². The van der Waals surface area contributed by atoms with Crippen LogP contribution in [0, 0.1) is 0 Å². The zero-order valence-corrected chi connectivity index (χ0v) is 23.7. The molecule has 0 aliphatic rings. The van der Waals surface area contributed by atoms with E-state index in [4.69, 9.17) is 0 Å². The minimum absolute atomic E-state index is 0.997. The summed E-state index contributed by atoms with van der Waals surface area (Å²) in [6, 6.07) is 29.7. The molecule has 36 heavy (non-hydrogen) atoms. The highest BCUT2D eigenvalue weighted by Crippen LogP contribution is 2.07. The van der Waals surface area contributed by atoms with E-state index in [9.17, 15) is 0 Å².